The van der Waals surface area contributed by atoms with E-state index in [1.165, 1.54) is 51.7 Å². The maximum Gasteiger partial charge on any atom is 0.340 e. The lowest BCUT2D eigenvalue weighted by molar-refractivity contribution is -0.118. The molecule has 3 aromatic carbocycles. The number of hydrogen-bond acceptors (Lipinski definition) is 8. The fraction of sp³-hybridized carbons (Fsp3) is 0.200. The van der Waals surface area contributed by atoms with Crippen molar-refractivity contribution in [2.75, 3.05) is 33.3 Å². The highest BCUT2D eigenvalue weighted by atomic mass is 35.5. The molecule has 0 saturated carbocycles. The number of halogens is 1. The number of amides is 1. The summed E-state index contributed by atoms with van der Waals surface area (Å²) in [5, 5.41) is 2.56. The molecular weight excluding hydrogens is 524 g/mol. The molecule has 0 radical (unpaired) electrons. The Morgan fingerprint density at radius 3 is 2.19 bits per heavy atom. The van der Waals surface area contributed by atoms with Crippen molar-refractivity contribution >= 4 is 39.2 Å². The third kappa shape index (κ3) is 7.13. The second-order valence-corrected chi connectivity index (χ2v) is 9.66. The Morgan fingerprint density at radius 2 is 1.57 bits per heavy atom. The van der Waals surface area contributed by atoms with Gasteiger partial charge in [0.1, 0.15) is 5.75 Å². The van der Waals surface area contributed by atoms with Crippen LogP contribution in [-0.2, 0) is 26.1 Å². The van der Waals surface area contributed by atoms with E-state index in [2.05, 4.69) is 10.0 Å². The average molecular weight is 549 g/mol. The Morgan fingerprint density at radius 1 is 0.892 bits per heavy atom. The van der Waals surface area contributed by atoms with Crippen molar-refractivity contribution in [1.82, 2.24) is 4.72 Å². The van der Waals surface area contributed by atoms with Crippen molar-refractivity contribution in [3.8, 4) is 17.2 Å². The van der Waals surface area contributed by atoms with E-state index in [-0.39, 0.29) is 45.0 Å². The van der Waals surface area contributed by atoms with E-state index in [1.807, 2.05) is 18.2 Å². The van der Waals surface area contributed by atoms with Gasteiger partial charge in [0.25, 0.3) is 5.91 Å². The number of sulfonamides is 1. The van der Waals surface area contributed by atoms with Crippen LogP contribution in [0, 0.1) is 0 Å². The highest BCUT2D eigenvalue weighted by Crippen LogP contribution is 2.34. The molecule has 196 valence electrons. The van der Waals surface area contributed by atoms with Gasteiger partial charge in [-0.25, -0.2) is 17.9 Å². The van der Waals surface area contributed by atoms with Gasteiger partial charge in [-0.15, -0.1) is 0 Å². The third-order valence-electron chi connectivity index (χ3n) is 5.08. The highest BCUT2D eigenvalue weighted by Gasteiger charge is 2.20. The van der Waals surface area contributed by atoms with Crippen molar-refractivity contribution in [1.29, 1.82) is 0 Å². The zero-order valence-corrected chi connectivity index (χ0v) is 21.8. The van der Waals surface area contributed by atoms with E-state index in [0.717, 1.165) is 5.56 Å². The minimum absolute atomic E-state index is 0.00301. The lowest BCUT2D eigenvalue weighted by atomic mass is 10.1. The van der Waals surface area contributed by atoms with Gasteiger partial charge in [0.05, 0.1) is 42.5 Å². The normalized spacial score (nSPS) is 10.9. The summed E-state index contributed by atoms with van der Waals surface area (Å²) in [7, 11) is 0.190. The van der Waals surface area contributed by atoms with Crippen molar-refractivity contribution < 1.29 is 37.0 Å². The lowest BCUT2D eigenvalue weighted by Gasteiger charge is -2.15. The van der Waals surface area contributed by atoms with Gasteiger partial charge in [0, 0.05) is 18.7 Å². The zero-order chi connectivity index (χ0) is 27.0. The van der Waals surface area contributed by atoms with E-state index >= 15 is 0 Å². The number of rotatable bonds is 11. The summed E-state index contributed by atoms with van der Waals surface area (Å²) in [6, 6.07) is 15.7. The van der Waals surface area contributed by atoms with Crippen LogP contribution in [0.25, 0.3) is 0 Å². The number of esters is 1. The molecule has 3 aromatic rings. The standard InChI is InChI=1S/C25H25ClN2O8S/c1-33-22-12-18(25(30)35-3)20(13-23(22)34-2)28-24(29)15-36-21-10-9-17(11-19(21)26)37(31,32)27-14-16-7-5-4-6-8-16/h4-13,27H,14-15H2,1-3H3,(H,28,29). The first-order valence-corrected chi connectivity index (χ1v) is 12.6. The van der Waals surface area contributed by atoms with Crippen LogP contribution in [0.3, 0.4) is 0 Å². The lowest BCUT2D eigenvalue weighted by Crippen LogP contribution is -2.23. The molecule has 1 amide bonds. The van der Waals surface area contributed by atoms with Crippen LogP contribution in [0.5, 0.6) is 17.2 Å². The van der Waals surface area contributed by atoms with Gasteiger partial charge in [0.2, 0.25) is 10.0 Å². The van der Waals surface area contributed by atoms with Crippen LogP contribution in [0.15, 0.2) is 65.6 Å². The molecule has 0 fully saturated rings. The zero-order valence-electron chi connectivity index (χ0n) is 20.2. The Labute approximate surface area is 219 Å². The molecule has 0 atom stereocenters. The van der Waals surface area contributed by atoms with E-state index in [1.54, 1.807) is 12.1 Å². The number of nitrogens with one attached hydrogen (secondary N) is 2. The van der Waals surface area contributed by atoms with Crippen LogP contribution < -0.4 is 24.2 Å². The first-order chi connectivity index (χ1) is 17.7. The second kappa shape index (κ2) is 12.4. The molecule has 0 aliphatic carbocycles. The molecule has 37 heavy (non-hydrogen) atoms. The first kappa shape index (κ1) is 27.8. The third-order valence-corrected chi connectivity index (χ3v) is 6.78. The van der Waals surface area contributed by atoms with Crippen LogP contribution in [-0.4, -0.2) is 48.2 Å². The number of ether oxygens (including phenoxy) is 4. The van der Waals surface area contributed by atoms with Crippen molar-refractivity contribution in [2.45, 2.75) is 11.4 Å². The number of methoxy groups -OCH3 is 3. The number of carbonyl (C=O) groups is 2. The highest BCUT2D eigenvalue weighted by molar-refractivity contribution is 7.89. The van der Waals surface area contributed by atoms with Gasteiger partial charge >= 0.3 is 5.97 Å². The molecule has 2 N–H and O–H groups in total. The molecule has 10 nitrogen and oxygen atoms in total. The minimum atomic E-state index is -3.83. The number of benzene rings is 3. The maximum atomic E-state index is 12.6. The van der Waals surface area contributed by atoms with Gasteiger partial charge in [-0.05, 0) is 23.8 Å². The predicted molar refractivity (Wildman–Crippen MR) is 137 cm³/mol. The molecule has 0 bridgehead atoms. The van der Waals surface area contributed by atoms with Crippen LogP contribution >= 0.6 is 11.6 Å². The largest absolute Gasteiger partial charge is 0.493 e. The molecule has 0 aliphatic rings. The van der Waals surface area contributed by atoms with E-state index in [0.29, 0.717) is 0 Å². The number of hydrogen-bond donors (Lipinski definition) is 2. The number of carbonyl (C=O) groups excluding carboxylic acids is 2. The smallest absolute Gasteiger partial charge is 0.340 e. The molecule has 0 aromatic heterocycles. The summed E-state index contributed by atoms with van der Waals surface area (Å²) in [5.74, 6) is -0.656. The summed E-state index contributed by atoms with van der Waals surface area (Å²) in [4.78, 5) is 24.7. The average Bonchev–Trinajstić information content (AvgIpc) is 2.91. The molecule has 0 saturated heterocycles. The SMILES string of the molecule is COC(=O)c1cc(OC)c(OC)cc1NC(=O)COc1ccc(S(=O)(=O)NCc2ccccc2)cc1Cl. The summed E-state index contributed by atoms with van der Waals surface area (Å²) in [6.45, 7) is -0.365. The minimum Gasteiger partial charge on any atom is -0.493 e. The Hall–Kier alpha value is -3.80. The summed E-state index contributed by atoms with van der Waals surface area (Å²) >= 11 is 6.21. The Balaban J connectivity index is 1.68. The van der Waals surface area contributed by atoms with Gasteiger partial charge in [-0.2, -0.15) is 0 Å². The van der Waals surface area contributed by atoms with Gasteiger partial charge < -0.3 is 24.3 Å². The van der Waals surface area contributed by atoms with Crippen molar-refractivity contribution in [3.05, 3.63) is 76.8 Å². The van der Waals surface area contributed by atoms with E-state index in [9.17, 15) is 18.0 Å². The fourth-order valence-electron chi connectivity index (χ4n) is 3.21. The van der Waals surface area contributed by atoms with Gasteiger partial charge in [-0.1, -0.05) is 41.9 Å². The van der Waals surface area contributed by atoms with E-state index in [4.69, 9.17) is 30.5 Å². The van der Waals surface area contributed by atoms with Crippen LogP contribution in [0.4, 0.5) is 5.69 Å². The monoisotopic (exact) mass is 548 g/mol. The summed E-state index contributed by atoms with van der Waals surface area (Å²) in [5.41, 5.74) is 0.965. The van der Waals surface area contributed by atoms with E-state index < -0.39 is 28.5 Å². The number of anilines is 1. The van der Waals surface area contributed by atoms with Crippen LogP contribution in [0.1, 0.15) is 15.9 Å². The quantitative estimate of drug-likeness (QED) is 0.347. The molecule has 0 aliphatic heterocycles. The Kier molecular flexibility index (Phi) is 9.34. The molecular formula is C25H25ClN2O8S. The summed E-state index contributed by atoms with van der Waals surface area (Å²) in [6.07, 6.45) is 0. The van der Waals surface area contributed by atoms with Gasteiger partial charge in [0.15, 0.2) is 18.1 Å². The second-order valence-electron chi connectivity index (χ2n) is 7.48. The maximum absolute atomic E-state index is 12.6. The molecule has 0 heterocycles. The first-order valence-electron chi connectivity index (χ1n) is 10.8. The van der Waals surface area contributed by atoms with Crippen molar-refractivity contribution in [2.24, 2.45) is 0 Å². The molecule has 0 unspecified atom stereocenters. The van der Waals surface area contributed by atoms with Gasteiger partial charge in [-0.3, -0.25) is 4.79 Å². The molecule has 0 spiro atoms. The Bertz CT molecular complexity index is 1380. The van der Waals surface area contributed by atoms with Crippen LogP contribution in [0.2, 0.25) is 5.02 Å². The predicted octanol–water partition coefficient (Wildman–Crippen LogP) is 3.64. The topological polar surface area (TPSA) is 129 Å². The summed E-state index contributed by atoms with van der Waals surface area (Å²) < 4.78 is 48.4. The van der Waals surface area contributed by atoms with Crippen molar-refractivity contribution in [3.63, 3.8) is 0 Å². The molecule has 12 heteroatoms. The molecule has 3 rings (SSSR count). The fourth-order valence-corrected chi connectivity index (χ4v) is 4.56.